The Hall–Kier alpha value is -5.68. The number of ether oxygens (including phenoxy) is 3. The van der Waals surface area contributed by atoms with E-state index in [1.54, 1.807) is 77.3 Å². The van der Waals surface area contributed by atoms with Crippen LogP contribution in [0.4, 0.5) is 15.4 Å². The van der Waals surface area contributed by atoms with Gasteiger partial charge in [0.1, 0.15) is 17.2 Å². The van der Waals surface area contributed by atoms with Gasteiger partial charge in [0.15, 0.2) is 15.4 Å². The second-order valence-corrected chi connectivity index (χ2v) is 26.4. The smallest absolute Gasteiger partial charge is 0.257 e. The van der Waals surface area contributed by atoms with Crippen molar-refractivity contribution in [1.82, 2.24) is 15.0 Å². The van der Waals surface area contributed by atoms with Crippen LogP contribution in [0.3, 0.4) is 0 Å². The number of nitrogens with zero attached hydrogens (tertiary/aromatic N) is 3. The van der Waals surface area contributed by atoms with E-state index in [1.807, 2.05) is 57.2 Å². The molecule has 3 amide bonds. The number of aromatic nitrogens is 3. The molecule has 4 N–H and O–H groups in total. The van der Waals surface area contributed by atoms with Gasteiger partial charge in [0.25, 0.3) is 17.7 Å². The Bertz CT molecular complexity index is 2610. The SMILES string of the molecule is CCO.CCOc1cccc(C(=O)Nc2nc3c(s2)CC(C(C)(C)C)CC3)c1.CCOc1cccc(C(=O)Nc2nc3c(s2)CC(C(C)(C)C)CC3)c1.CCOc1cccc(C(=O)Nc2nc3c(s2)CC(C(C)(C)C)CC3)c1. The highest BCUT2D eigenvalue weighted by molar-refractivity contribution is 7.16. The summed E-state index contributed by atoms with van der Waals surface area (Å²) >= 11 is 4.86. The Kier molecular flexibility index (Phi) is 22.1. The van der Waals surface area contributed by atoms with Crippen molar-refractivity contribution in [3.8, 4) is 17.2 Å². The van der Waals surface area contributed by atoms with Crippen molar-refractivity contribution in [1.29, 1.82) is 0 Å². The number of aryl methyl sites for hydroxylation is 3. The zero-order valence-electron chi connectivity index (χ0n) is 48.3. The number of carbonyl (C=O) groups is 3. The topological polar surface area (TPSA) is 174 Å². The summed E-state index contributed by atoms with van der Waals surface area (Å²) < 4.78 is 16.4. The van der Waals surface area contributed by atoms with Crippen LogP contribution in [0.2, 0.25) is 0 Å². The van der Waals surface area contributed by atoms with Gasteiger partial charge in [0, 0.05) is 37.9 Å². The van der Waals surface area contributed by atoms with Crippen molar-refractivity contribution in [2.24, 2.45) is 34.0 Å². The molecule has 9 rings (SSSR count). The molecule has 422 valence electrons. The third kappa shape index (κ3) is 17.7. The molecule has 0 bridgehead atoms. The number of aliphatic hydroxyl groups excluding tert-OH is 1. The van der Waals surface area contributed by atoms with E-state index in [0.29, 0.717) is 103 Å². The number of aliphatic hydroxyl groups is 1. The van der Waals surface area contributed by atoms with Crippen LogP contribution in [-0.2, 0) is 38.5 Å². The van der Waals surface area contributed by atoms with Crippen molar-refractivity contribution in [2.75, 3.05) is 42.4 Å². The van der Waals surface area contributed by atoms with Gasteiger partial charge in [-0.2, -0.15) is 0 Å². The van der Waals surface area contributed by atoms with Crippen molar-refractivity contribution in [3.05, 3.63) is 121 Å². The molecule has 0 saturated heterocycles. The third-order valence-corrected chi connectivity index (χ3v) is 17.5. The first-order valence-electron chi connectivity index (χ1n) is 27.7. The minimum Gasteiger partial charge on any atom is -0.494 e. The third-order valence-electron chi connectivity index (χ3n) is 14.4. The lowest BCUT2D eigenvalue weighted by Crippen LogP contribution is -2.26. The summed E-state index contributed by atoms with van der Waals surface area (Å²) in [6.07, 6.45) is 9.71. The zero-order chi connectivity index (χ0) is 56.8. The molecule has 6 aromatic rings. The summed E-state index contributed by atoms with van der Waals surface area (Å²) in [5.41, 5.74) is 6.17. The quantitative estimate of drug-likeness (QED) is 0.0923. The van der Waals surface area contributed by atoms with Crippen LogP contribution in [0.5, 0.6) is 17.2 Å². The van der Waals surface area contributed by atoms with E-state index in [9.17, 15) is 14.4 Å². The second kappa shape index (κ2) is 28.0. The number of fused-ring (bicyclic) bond motifs is 3. The van der Waals surface area contributed by atoms with Crippen LogP contribution in [0.1, 0.15) is 172 Å². The van der Waals surface area contributed by atoms with Gasteiger partial charge in [-0.05, 0) is 174 Å². The first kappa shape index (κ1) is 61.5. The van der Waals surface area contributed by atoms with Gasteiger partial charge in [-0.3, -0.25) is 30.3 Å². The first-order valence-corrected chi connectivity index (χ1v) is 30.2. The number of thiazole rings is 3. The van der Waals surface area contributed by atoms with E-state index >= 15 is 0 Å². The molecule has 78 heavy (non-hydrogen) atoms. The average Bonchev–Trinajstić information content (AvgIpc) is 4.14. The summed E-state index contributed by atoms with van der Waals surface area (Å²) in [5, 5.41) is 18.5. The number of benzene rings is 3. The van der Waals surface area contributed by atoms with Crippen molar-refractivity contribution in [3.63, 3.8) is 0 Å². The van der Waals surface area contributed by atoms with Crippen molar-refractivity contribution in [2.45, 2.75) is 148 Å². The number of carbonyl (C=O) groups excluding carboxylic acids is 3. The number of amides is 3. The second-order valence-electron chi connectivity index (χ2n) is 23.1. The predicted molar refractivity (Wildman–Crippen MR) is 321 cm³/mol. The Labute approximate surface area is 475 Å². The Morgan fingerprint density at radius 1 is 0.487 bits per heavy atom. The molecule has 0 fully saturated rings. The number of hydrogen-bond acceptors (Lipinski definition) is 13. The van der Waals surface area contributed by atoms with Gasteiger partial charge in [0.2, 0.25) is 0 Å². The molecule has 3 aliphatic carbocycles. The maximum atomic E-state index is 12.5. The molecule has 3 aliphatic rings. The van der Waals surface area contributed by atoms with Crippen LogP contribution < -0.4 is 30.2 Å². The largest absolute Gasteiger partial charge is 0.494 e. The fourth-order valence-electron chi connectivity index (χ4n) is 9.69. The number of hydrogen-bond donors (Lipinski definition) is 4. The van der Waals surface area contributed by atoms with Crippen LogP contribution in [-0.4, -0.2) is 64.2 Å². The highest BCUT2D eigenvalue weighted by Crippen LogP contribution is 2.43. The van der Waals surface area contributed by atoms with E-state index in [2.05, 4.69) is 93.2 Å². The molecular weight excluding hydrogens is 1040 g/mol. The summed E-state index contributed by atoms with van der Waals surface area (Å²) in [5.74, 6) is 3.73. The molecule has 0 saturated carbocycles. The lowest BCUT2D eigenvalue weighted by molar-refractivity contribution is 0.101. The first-order chi connectivity index (χ1) is 37.0. The molecule has 3 atom stereocenters. The molecule has 0 spiro atoms. The average molecular weight is 1120 g/mol. The van der Waals surface area contributed by atoms with Gasteiger partial charge < -0.3 is 19.3 Å². The van der Waals surface area contributed by atoms with Gasteiger partial charge in [-0.25, -0.2) is 15.0 Å². The Balaban J connectivity index is 0.000000184. The van der Waals surface area contributed by atoms with E-state index in [0.717, 1.165) is 55.6 Å². The molecular formula is C62H84N6O7S3. The molecule has 13 nitrogen and oxygen atoms in total. The van der Waals surface area contributed by atoms with Gasteiger partial charge in [-0.1, -0.05) is 80.5 Å². The van der Waals surface area contributed by atoms with E-state index in [1.165, 1.54) is 33.9 Å². The fourth-order valence-corrected chi connectivity index (χ4v) is 12.9. The van der Waals surface area contributed by atoms with E-state index < -0.39 is 0 Å². The number of nitrogens with one attached hydrogen (secondary N) is 3. The van der Waals surface area contributed by atoms with Gasteiger partial charge in [0.05, 0.1) is 36.9 Å². The highest BCUT2D eigenvalue weighted by Gasteiger charge is 2.33. The van der Waals surface area contributed by atoms with Crippen LogP contribution in [0, 0.1) is 34.0 Å². The molecule has 3 heterocycles. The Morgan fingerprint density at radius 3 is 0.974 bits per heavy atom. The van der Waals surface area contributed by atoms with Crippen LogP contribution >= 0.6 is 34.0 Å². The van der Waals surface area contributed by atoms with Crippen LogP contribution in [0.15, 0.2) is 72.8 Å². The van der Waals surface area contributed by atoms with Gasteiger partial charge in [-0.15, -0.1) is 34.0 Å². The standard InChI is InChI=1S/3C20H26N2O2S.C2H6O/c3*1-5-24-15-8-6-7-13(11-15)18(23)22-19-21-16-10-9-14(20(2,3)4)12-17(16)25-19;1-2-3/h3*6-8,11,14H,5,9-10,12H2,1-4H3,(H,21,22,23);3H,2H2,1H3. The fraction of sp³-hybridized carbons (Fsp3) is 0.516. The summed E-state index contributed by atoms with van der Waals surface area (Å²) in [6, 6.07) is 21.7. The maximum absolute atomic E-state index is 12.5. The zero-order valence-corrected chi connectivity index (χ0v) is 50.8. The molecule has 3 aromatic heterocycles. The number of anilines is 3. The summed E-state index contributed by atoms with van der Waals surface area (Å²) in [6.45, 7) is 30.2. The molecule has 0 radical (unpaired) electrons. The highest BCUT2D eigenvalue weighted by atomic mass is 32.1. The van der Waals surface area contributed by atoms with E-state index in [-0.39, 0.29) is 24.3 Å². The lowest BCUT2D eigenvalue weighted by atomic mass is 9.73. The van der Waals surface area contributed by atoms with Crippen molar-refractivity contribution < 1.29 is 33.7 Å². The predicted octanol–water partition coefficient (Wildman–Crippen LogP) is 14.8. The summed E-state index contributed by atoms with van der Waals surface area (Å²) in [7, 11) is 0. The molecule has 3 aromatic carbocycles. The van der Waals surface area contributed by atoms with Gasteiger partial charge >= 0.3 is 0 Å². The van der Waals surface area contributed by atoms with E-state index in [4.69, 9.17) is 19.3 Å². The monoisotopic (exact) mass is 1120 g/mol. The Morgan fingerprint density at radius 2 is 0.744 bits per heavy atom. The molecule has 3 unspecified atom stereocenters. The van der Waals surface area contributed by atoms with Crippen LogP contribution in [0.25, 0.3) is 0 Å². The van der Waals surface area contributed by atoms with Crippen molar-refractivity contribution >= 4 is 67.1 Å². The normalized spacial score (nSPS) is 16.6. The summed E-state index contributed by atoms with van der Waals surface area (Å²) in [4.78, 5) is 55.4. The minimum absolute atomic E-state index is 0.139. The molecule has 16 heteroatoms. The lowest BCUT2D eigenvalue weighted by Gasteiger charge is -2.33. The minimum atomic E-state index is -0.139. The number of rotatable bonds is 12. The maximum Gasteiger partial charge on any atom is 0.257 e. The molecule has 0 aliphatic heterocycles.